The molecule has 0 aliphatic carbocycles. The summed E-state index contributed by atoms with van der Waals surface area (Å²) in [5.74, 6) is 0.166. The second-order valence-electron chi connectivity index (χ2n) is 7.18. The molecule has 1 heterocycles. The summed E-state index contributed by atoms with van der Waals surface area (Å²) in [5.41, 5.74) is 1.76. The summed E-state index contributed by atoms with van der Waals surface area (Å²) < 4.78 is 16.4. The van der Waals surface area contributed by atoms with Crippen LogP contribution in [0, 0.1) is 0 Å². The van der Waals surface area contributed by atoms with Gasteiger partial charge in [0, 0.05) is 13.2 Å². The largest absolute Gasteiger partial charge is 0.497 e. The first kappa shape index (κ1) is 21.8. The molecule has 0 bridgehead atoms. The number of anilines is 1. The third kappa shape index (κ3) is 6.05. The third-order valence-electron chi connectivity index (χ3n) is 4.95. The molecular weight excluding hydrogens is 384 g/mol. The lowest BCUT2D eigenvalue weighted by Crippen LogP contribution is -2.33. The van der Waals surface area contributed by atoms with E-state index < -0.39 is 6.10 Å². The second kappa shape index (κ2) is 10.8. The summed E-state index contributed by atoms with van der Waals surface area (Å²) >= 11 is 0. The zero-order valence-corrected chi connectivity index (χ0v) is 17.4. The van der Waals surface area contributed by atoms with Gasteiger partial charge in [-0.3, -0.25) is 9.59 Å². The maximum atomic E-state index is 12.6. The molecule has 2 aromatic carbocycles. The molecule has 0 spiro atoms. The zero-order chi connectivity index (χ0) is 21.3. The van der Waals surface area contributed by atoms with Gasteiger partial charge in [-0.15, -0.1) is 0 Å². The zero-order valence-electron chi connectivity index (χ0n) is 17.4. The highest BCUT2D eigenvalue weighted by atomic mass is 16.5. The van der Waals surface area contributed by atoms with Crippen LogP contribution in [0.5, 0.6) is 5.75 Å². The van der Waals surface area contributed by atoms with Crippen LogP contribution in [-0.4, -0.2) is 44.3 Å². The van der Waals surface area contributed by atoms with E-state index >= 15 is 0 Å². The van der Waals surface area contributed by atoms with Gasteiger partial charge in [-0.05, 0) is 49.6 Å². The Morgan fingerprint density at radius 1 is 1.20 bits per heavy atom. The topological polar surface area (TPSA) is 85.9 Å². The van der Waals surface area contributed by atoms with Crippen molar-refractivity contribution < 1.29 is 23.8 Å². The number of amides is 2. The number of ether oxygens (including phenoxy) is 3. The van der Waals surface area contributed by atoms with Crippen LogP contribution in [0.15, 0.2) is 48.5 Å². The van der Waals surface area contributed by atoms with Crippen molar-refractivity contribution in [3.63, 3.8) is 0 Å². The van der Waals surface area contributed by atoms with Crippen LogP contribution >= 0.6 is 0 Å². The Morgan fingerprint density at radius 3 is 2.80 bits per heavy atom. The summed E-state index contributed by atoms with van der Waals surface area (Å²) in [4.78, 5) is 25.2. The lowest BCUT2D eigenvalue weighted by molar-refractivity contribution is -0.127. The lowest BCUT2D eigenvalue weighted by atomic mass is 10.1. The molecule has 1 aliphatic heterocycles. The van der Waals surface area contributed by atoms with Crippen LogP contribution in [0.3, 0.4) is 0 Å². The number of nitrogens with one attached hydrogen (secondary N) is 2. The van der Waals surface area contributed by atoms with Crippen molar-refractivity contribution >= 4 is 17.5 Å². The first-order valence-electron chi connectivity index (χ1n) is 10.1. The molecule has 7 heteroatoms. The molecule has 2 unspecified atom stereocenters. The van der Waals surface area contributed by atoms with Crippen molar-refractivity contribution in [2.75, 3.05) is 25.6 Å². The Balaban J connectivity index is 1.55. The SMILES string of the molecule is COc1cccc(COC(C)C(=O)Nc2ccccc2C(=O)NCC2CCCO2)c1. The number of carbonyl (C=O) groups excluding carboxylic acids is 2. The van der Waals surface area contributed by atoms with E-state index in [1.165, 1.54) is 0 Å². The predicted molar refractivity (Wildman–Crippen MR) is 114 cm³/mol. The van der Waals surface area contributed by atoms with E-state index in [4.69, 9.17) is 14.2 Å². The first-order valence-corrected chi connectivity index (χ1v) is 10.1. The summed E-state index contributed by atoms with van der Waals surface area (Å²) in [6.07, 6.45) is 1.32. The summed E-state index contributed by atoms with van der Waals surface area (Å²) in [6.45, 7) is 3.15. The third-order valence-corrected chi connectivity index (χ3v) is 4.95. The Morgan fingerprint density at radius 2 is 2.03 bits per heavy atom. The Hall–Kier alpha value is -2.90. The summed E-state index contributed by atoms with van der Waals surface area (Å²) in [7, 11) is 1.60. The van der Waals surface area contributed by atoms with Crippen molar-refractivity contribution in [3.8, 4) is 5.75 Å². The maximum Gasteiger partial charge on any atom is 0.253 e. The summed E-state index contributed by atoms with van der Waals surface area (Å²) in [6, 6.07) is 14.4. The van der Waals surface area contributed by atoms with E-state index in [1.807, 2.05) is 24.3 Å². The molecule has 7 nitrogen and oxygen atoms in total. The van der Waals surface area contributed by atoms with E-state index in [2.05, 4.69) is 10.6 Å². The molecule has 2 atom stereocenters. The van der Waals surface area contributed by atoms with Crippen molar-refractivity contribution in [2.24, 2.45) is 0 Å². The van der Waals surface area contributed by atoms with Crippen molar-refractivity contribution in [3.05, 3.63) is 59.7 Å². The van der Waals surface area contributed by atoms with Gasteiger partial charge in [0.05, 0.1) is 31.1 Å². The minimum Gasteiger partial charge on any atom is -0.497 e. The highest BCUT2D eigenvalue weighted by Gasteiger charge is 2.20. The standard InChI is InChI=1S/C23H28N2O5/c1-16(30-15-17-7-5-8-18(13-17)28-2)22(26)25-21-11-4-3-10-20(21)23(27)24-14-19-9-6-12-29-19/h3-5,7-8,10-11,13,16,19H,6,9,12,14-15H2,1-2H3,(H,24,27)(H,25,26). The van der Waals surface area contributed by atoms with E-state index in [0.717, 1.165) is 30.8 Å². The normalized spacial score (nSPS) is 16.7. The molecule has 1 saturated heterocycles. The van der Waals surface area contributed by atoms with Gasteiger partial charge in [0.1, 0.15) is 11.9 Å². The van der Waals surface area contributed by atoms with Gasteiger partial charge >= 0.3 is 0 Å². The first-order chi connectivity index (χ1) is 14.6. The number of methoxy groups -OCH3 is 1. The Kier molecular flexibility index (Phi) is 7.82. The summed E-state index contributed by atoms with van der Waals surface area (Å²) in [5, 5.41) is 5.68. The Bertz CT molecular complexity index is 864. The lowest BCUT2D eigenvalue weighted by Gasteiger charge is -2.16. The van der Waals surface area contributed by atoms with Gasteiger partial charge in [0.25, 0.3) is 11.8 Å². The fourth-order valence-electron chi connectivity index (χ4n) is 3.19. The number of hydrogen-bond acceptors (Lipinski definition) is 5. The molecule has 2 N–H and O–H groups in total. The molecule has 1 aliphatic rings. The van der Waals surface area contributed by atoms with E-state index in [9.17, 15) is 9.59 Å². The van der Waals surface area contributed by atoms with Crippen LogP contribution in [0.1, 0.15) is 35.7 Å². The highest BCUT2D eigenvalue weighted by molar-refractivity contribution is 6.04. The van der Waals surface area contributed by atoms with Crippen molar-refractivity contribution in [1.82, 2.24) is 5.32 Å². The van der Waals surface area contributed by atoms with Crippen LogP contribution in [0.2, 0.25) is 0 Å². The van der Waals surface area contributed by atoms with Crippen LogP contribution in [0.4, 0.5) is 5.69 Å². The molecule has 30 heavy (non-hydrogen) atoms. The predicted octanol–water partition coefficient (Wildman–Crippen LogP) is 3.15. The van der Waals surface area contributed by atoms with Gasteiger partial charge in [-0.1, -0.05) is 24.3 Å². The molecule has 0 aromatic heterocycles. The average Bonchev–Trinajstić information content (AvgIpc) is 3.30. The number of hydrogen-bond donors (Lipinski definition) is 2. The van der Waals surface area contributed by atoms with Crippen molar-refractivity contribution in [2.45, 2.75) is 38.6 Å². The minimum absolute atomic E-state index is 0.0562. The molecule has 0 radical (unpaired) electrons. The van der Waals surface area contributed by atoms with E-state index in [0.29, 0.717) is 17.8 Å². The van der Waals surface area contributed by atoms with Gasteiger partial charge < -0.3 is 24.8 Å². The number of rotatable bonds is 9. The van der Waals surface area contributed by atoms with Crippen LogP contribution in [-0.2, 0) is 20.9 Å². The number of para-hydroxylation sites is 1. The number of benzene rings is 2. The molecule has 1 fully saturated rings. The van der Waals surface area contributed by atoms with Gasteiger partial charge in [-0.25, -0.2) is 0 Å². The van der Waals surface area contributed by atoms with Gasteiger partial charge in [0.2, 0.25) is 0 Å². The van der Waals surface area contributed by atoms with Crippen LogP contribution < -0.4 is 15.4 Å². The van der Waals surface area contributed by atoms with Gasteiger partial charge in [-0.2, -0.15) is 0 Å². The highest BCUT2D eigenvalue weighted by Crippen LogP contribution is 2.18. The van der Waals surface area contributed by atoms with E-state index in [1.54, 1.807) is 38.3 Å². The molecular formula is C23H28N2O5. The second-order valence-corrected chi connectivity index (χ2v) is 7.18. The quantitative estimate of drug-likeness (QED) is 0.661. The fraction of sp³-hybridized carbons (Fsp3) is 0.391. The maximum absolute atomic E-state index is 12.6. The smallest absolute Gasteiger partial charge is 0.253 e. The Labute approximate surface area is 176 Å². The average molecular weight is 412 g/mol. The number of carbonyl (C=O) groups is 2. The monoisotopic (exact) mass is 412 g/mol. The minimum atomic E-state index is -0.695. The fourth-order valence-corrected chi connectivity index (χ4v) is 3.19. The van der Waals surface area contributed by atoms with E-state index in [-0.39, 0.29) is 24.5 Å². The van der Waals surface area contributed by atoms with Crippen molar-refractivity contribution in [1.29, 1.82) is 0 Å². The molecule has 3 rings (SSSR count). The molecule has 160 valence electrons. The molecule has 2 aromatic rings. The van der Waals surface area contributed by atoms with Gasteiger partial charge in [0.15, 0.2) is 0 Å². The molecule has 0 saturated carbocycles. The molecule has 2 amide bonds. The van der Waals surface area contributed by atoms with Crippen LogP contribution in [0.25, 0.3) is 0 Å².